The monoisotopic (exact) mass is 672 g/mol. The van der Waals surface area contributed by atoms with Crippen molar-refractivity contribution in [2.75, 3.05) is 16.4 Å². The van der Waals surface area contributed by atoms with Gasteiger partial charge in [-0.3, -0.25) is 29.3 Å². The van der Waals surface area contributed by atoms with E-state index >= 15 is 4.11 Å². The van der Waals surface area contributed by atoms with Gasteiger partial charge in [-0.2, -0.15) is 0 Å². The Kier molecular flexibility index (Phi) is 8.98. The summed E-state index contributed by atoms with van der Waals surface area (Å²) in [6.07, 6.45) is 2.49. The highest BCUT2D eigenvalue weighted by Crippen LogP contribution is 2.60. The molecule has 2 aliphatic rings. The van der Waals surface area contributed by atoms with E-state index in [0.29, 0.717) is 47.7 Å². The topological polar surface area (TPSA) is 144 Å². The second-order valence-electron chi connectivity index (χ2n) is 12.8. The van der Waals surface area contributed by atoms with Crippen molar-refractivity contribution in [3.05, 3.63) is 106 Å². The molecule has 0 unspecified atom stereocenters. The number of aliphatic hydroxyl groups is 1. The van der Waals surface area contributed by atoms with Crippen LogP contribution >= 0.6 is 0 Å². The van der Waals surface area contributed by atoms with Gasteiger partial charge in [0.15, 0.2) is 5.60 Å². The SMILES string of the molecule is C[C@H]1[C@H]([Si](C)(C)F)[C@@H](CCn2cc(CCO)nn2)O[C@]12C(=O)N(Cc1ccc(N(C=O)c3ccccc3)cc1)c1ccc([N+](=O)[O-])cc12. The second-order valence-corrected chi connectivity index (χ2v) is 16.6. The zero-order valence-corrected chi connectivity index (χ0v) is 27.9. The van der Waals surface area contributed by atoms with Crippen molar-refractivity contribution in [1.82, 2.24) is 15.0 Å². The molecule has 3 heterocycles. The fourth-order valence-corrected chi connectivity index (χ4v) is 9.86. The molecule has 250 valence electrons. The molecule has 0 bridgehead atoms. The van der Waals surface area contributed by atoms with Gasteiger partial charge < -0.3 is 18.9 Å². The van der Waals surface area contributed by atoms with E-state index in [0.717, 1.165) is 12.0 Å². The molecule has 1 fully saturated rings. The third-order valence-electron chi connectivity index (χ3n) is 9.45. The number of nitro groups is 1. The molecule has 0 aliphatic carbocycles. The number of nitrogens with zero attached hydrogens (tertiary/aromatic N) is 6. The van der Waals surface area contributed by atoms with Gasteiger partial charge in [0.25, 0.3) is 11.6 Å². The lowest BCUT2D eigenvalue weighted by Crippen LogP contribution is -2.45. The van der Waals surface area contributed by atoms with Crippen molar-refractivity contribution in [3.8, 4) is 0 Å². The minimum atomic E-state index is -3.46. The van der Waals surface area contributed by atoms with E-state index in [-0.39, 0.29) is 18.8 Å². The van der Waals surface area contributed by atoms with E-state index in [4.69, 9.17) is 4.74 Å². The molecule has 2 aliphatic heterocycles. The Bertz CT molecular complexity index is 1820. The summed E-state index contributed by atoms with van der Waals surface area (Å²) < 4.78 is 24.5. The Hall–Kier alpha value is -4.79. The fourth-order valence-electron chi connectivity index (χ4n) is 7.32. The third kappa shape index (κ3) is 5.91. The van der Waals surface area contributed by atoms with E-state index in [9.17, 15) is 24.8 Å². The van der Waals surface area contributed by atoms with Gasteiger partial charge in [0, 0.05) is 66.3 Å². The number of nitro benzene ring substituents is 1. The predicted molar refractivity (Wildman–Crippen MR) is 179 cm³/mol. The number of benzene rings is 3. The van der Waals surface area contributed by atoms with Gasteiger partial charge in [-0.25, -0.2) is 0 Å². The first-order valence-electron chi connectivity index (χ1n) is 15.8. The summed E-state index contributed by atoms with van der Waals surface area (Å²) in [5, 5.41) is 29.3. The summed E-state index contributed by atoms with van der Waals surface area (Å²) in [5.74, 6) is -1.02. The zero-order valence-electron chi connectivity index (χ0n) is 26.9. The maximum Gasteiger partial charge on any atom is 0.269 e. The maximum absolute atomic E-state index is 16.2. The minimum absolute atomic E-state index is 0.0621. The molecule has 48 heavy (non-hydrogen) atoms. The predicted octanol–water partition coefficient (Wildman–Crippen LogP) is 5.43. The summed E-state index contributed by atoms with van der Waals surface area (Å²) in [7, 11) is -3.46. The van der Waals surface area contributed by atoms with Gasteiger partial charge in [-0.05, 0) is 55.4 Å². The molecule has 4 aromatic rings. The number of fused-ring (bicyclic) bond motifs is 2. The molecule has 4 atom stereocenters. The number of ether oxygens (including phenoxy) is 1. The van der Waals surface area contributed by atoms with Crippen LogP contribution in [-0.4, -0.2) is 58.5 Å². The summed E-state index contributed by atoms with van der Waals surface area (Å²) in [6.45, 7) is 5.43. The van der Waals surface area contributed by atoms with Crippen molar-refractivity contribution in [2.45, 2.75) is 63.2 Å². The number of halogens is 1. The molecule has 14 heteroatoms. The lowest BCUT2D eigenvalue weighted by atomic mass is 9.82. The van der Waals surface area contributed by atoms with Crippen LogP contribution in [0.3, 0.4) is 0 Å². The van der Waals surface area contributed by atoms with Crippen molar-refractivity contribution in [2.24, 2.45) is 5.92 Å². The van der Waals surface area contributed by atoms with Crippen LogP contribution in [0.4, 0.5) is 26.9 Å². The van der Waals surface area contributed by atoms with E-state index in [2.05, 4.69) is 10.3 Å². The summed E-state index contributed by atoms with van der Waals surface area (Å²) in [4.78, 5) is 41.1. The Morgan fingerprint density at radius 2 is 1.83 bits per heavy atom. The quantitative estimate of drug-likeness (QED) is 0.0690. The fraction of sp³-hybridized carbons (Fsp3) is 0.353. The van der Waals surface area contributed by atoms with E-state index in [1.807, 2.05) is 49.4 Å². The number of aliphatic hydroxyl groups excluding tert-OH is 1. The minimum Gasteiger partial charge on any atom is -0.396 e. The highest BCUT2D eigenvalue weighted by molar-refractivity contribution is 6.72. The normalized spacial score (nSPS) is 21.9. The molecule has 6 rings (SSSR count). The molecule has 0 radical (unpaired) electrons. The first-order valence-corrected chi connectivity index (χ1v) is 18.8. The average molecular weight is 673 g/mol. The number of carbonyl (C=O) groups excluding carboxylic acids is 2. The Morgan fingerprint density at radius 3 is 2.48 bits per heavy atom. The second kappa shape index (κ2) is 13.0. The molecular weight excluding hydrogens is 635 g/mol. The van der Waals surface area contributed by atoms with E-state index in [1.54, 1.807) is 47.1 Å². The molecular formula is C34H37FN6O6Si. The van der Waals surface area contributed by atoms with E-state index in [1.165, 1.54) is 17.0 Å². The van der Waals surface area contributed by atoms with Gasteiger partial charge in [-0.1, -0.05) is 42.5 Å². The highest BCUT2D eigenvalue weighted by Gasteiger charge is 2.66. The average Bonchev–Trinajstić information content (AvgIpc) is 3.71. The standard InChI is InChI=1S/C34H37FN6O6Si/c1-23-32(48(2,3)35)31(15-17-38-21-25(16-18-42)36-37-38)47-34(23)29-19-28(41(45)46)13-14-30(29)39(33(34)44)20-24-9-11-27(12-10-24)40(22-43)26-7-5-4-6-8-26/h4-14,19,21-23,31-32,42H,15-18,20H2,1-3H3/t23-,31+,32-,34+/m0/s1. The van der Waals surface area contributed by atoms with Crippen LogP contribution in [0.5, 0.6) is 0 Å². The lowest BCUT2D eigenvalue weighted by Gasteiger charge is -2.31. The van der Waals surface area contributed by atoms with Crippen LogP contribution in [-0.2, 0) is 39.4 Å². The molecule has 1 saturated heterocycles. The number of hydrogen-bond acceptors (Lipinski definition) is 8. The van der Waals surface area contributed by atoms with Gasteiger partial charge >= 0.3 is 0 Å². The van der Waals surface area contributed by atoms with Crippen LogP contribution in [0.15, 0.2) is 79.0 Å². The summed E-state index contributed by atoms with van der Waals surface area (Å²) in [6, 6.07) is 20.7. The van der Waals surface area contributed by atoms with Crippen molar-refractivity contribution in [3.63, 3.8) is 0 Å². The zero-order chi connectivity index (χ0) is 34.2. The smallest absolute Gasteiger partial charge is 0.269 e. The van der Waals surface area contributed by atoms with Crippen molar-refractivity contribution >= 4 is 43.5 Å². The number of anilines is 3. The molecule has 1 N–H and O–H groups in total. The number of non-ortho nitro benzene ring substituents is 1. The van der Waals surface area contributed by atoms with E-state index < -0.39 is 42.4 Å². The number of aryl methyl sites for hydroxylation is 1. The number of hydrogen-bond donors (Lipinski definition) is 1. The van der Waals surface area contributed by atoms with Crippen LogP contribution in [0.2, 0.25) is 18.6 Å². The Balaban J connectivity index is 1.33. The lowest BCUT2D eigenvalue weighted by molar-refractivity contribution is -0.385. The maximum atomic E-state index is 16.2. The molecule has 1 spiro atoms. The molecule has 3 aromatic carbocycles. The van der Waals surface area contributed by atoms with Crippen molar-refractivity contribution < 1.29 is 28.5 Å². The van der Waals surface area contributed by atoms with Gasteiger partial charge in [0.2, 0.25) is 14.8 Å². The van der Waals surface area contributed by atoms with Gasteiger partial charge in [0.1, 0.15) is 0 Å². The first kappa shape index (κ1) is 33.1. The number of carbonyl (C=O) groups is 2. The molecule has 12 nitrogen and oxygen atoms in total. The Morgan fingerprint density at radius 1 is 1.12 bits per heavy atom. The van der Waals surface area contributed by atoms with Crippen LogP contribution < -0.4 is 9.80 Å². The first-order chi connectivity index (χ1) is 23.0. The molecule has 1 aromatic heterocycles. The Labute approximate surface area is 278 Å². The van der Waals surface area contributed by atoms with Crippen molar-refractivity contribution in [1.29, 1.82) is 0 Å². The van der Waals surface area contributed by atoms with Crippen LogP contribution in [0, 0.1) is 16.0 Å². The summed E-state index contributed by atoms with van der Waals surface area (Å²) in [5.41, 5.74) is 1.16. The third-order valence-corrected chi connectivity index (χ3v) is 11.9. The molecule has 0 saturated carbocycles. The van der Waals surface area contributed by atoms with Gasteiger partial charge in [0.05, 0.1) is 29.0 Å². The number of amides is 2. The number of rotatable bonds is 12. The summed E-state index contributed by atoms with van der Waals surface area (Å²) >= 11 is 0. The molecule has 2 amide bonds. The largest absolute Gasteiger partial charge is 0.396 e. The highest BCUT2D eigenvalue weighted by atomic mass is 28.4. The van der Waals surface area contributed by atoms with Crippen LogP contribution in [0.25, 0.3) is 0 Å². The van der Waals surface area contributed by atoms with Crippen LogP contribution in [0.1, 0.15) is 30.2 Å². The number of aromatic nitrogens is 3. The number of para-hydroxylation sites is 1. The van der Waals surface area contributed by atoms with Gasteiger partial charge in [-0.15, -0.1) is 5.10 Å².